The van der Waals surface area contributed by atoms with Gasteiger partial charge in [-0.1, -0.05) is 35.3 Å². The van der Waals surface area contributed by atoms with E-state index >= 15 is 0 Å². The molecule has 2 amide bonds. The van der Waals surface area contributed by atoms with Crippen molar-refractivity contribution in [3.8, 4) is 17.0 Å². The van der Waals surface area contributed by atoms with E-state index < -0.39 is 6.03 Å². The molecule has 3 rings (SSSR count). The summed E-state index contributed by atoms with van der Waals surface area (Å²) in [5, 5.41) is 8.88. The van der Waals surface area contributed by atoms with Gasteiger partial charge in [0.15, 0.2) is 5.13 Å². The Kier molecular flexibility index (Phi) is 5.43. The van der Waals surface area contributed by atoms with E-state index in [2.05, 4.69) is 15.6 Å². The molecule has 0 atom stereocenters. The van der Waals surface area contributed by atoms with Crippen LogP contribution in [0.25, 0.3) is 11.3 Å². The zero-order valence-electron chi connectivity index (χ0n) is 13.0. The molecule has 128 valence electrons. The molecule has 2 aromatic carbocycles. The van der Waals surface area contributed by atoms with Crippen LogP contribution in [0.3, 0.4) is 0 Å². The second-order valence-corrected chi connectivity index (χ2v) is 6.70. The zero-order chi connectivity index (χ0) is 17.8. The van der Waals surface area contributed by atoms with Crippen LogP contribution in [-0.2, 0) is 0 Å². The predicted octanol–water partition coefficient (Wildman–Crippen LogP) is 5.77. The number of carbonyl (C=O) groups is 1. The Balaban J connectivity index is 1.70. The van der Waals surface area contributed by atoms with Gasteiger partial charge in [-0.05, 0) is 30.3 Å². The molecular weight excluding hydrogens is 381 g/mol. The summed E-state index contributed by atoms with van der Waals surface area (Å²) in [4.78, 5) is 16.6. The van der Waals surface area contributed by atoms with Crippen molar-refractivity contribution in [2.45, 2.75) is 0 Å². The predicted molar refractivity (Wildman–Crippen MR) is 103 cm³/mol. The molecule has 8 heteroatoms. The summed E-state index contributed by atoms with van der Waals surface area (Å²) >= 11 is 13.2. The maximum atomic E-state index is 12.2. The number of nitrogens with zero attached hydrogens (tertiary/aromatic N) is 1. The number of carbonyl (C=O) groups excluding carboxylic acids is 1. The Morgan fingerprint density at radius 1 is 1.08 bits per heavy atom. The molecule has 0 aliphatic heterocycles. The van der Waals surface area contributed by atoms with E-state index in [1.807, 2.05) is 17.5 Å². The topological polar surface area (TPSA) is 63.2 Å². The van der Waals surface area contributed by atoms with E-state index in [0.29, 0.717) is 26.6 Å². The molecule has 0 radical (unpaired) electrons. The number of nitrogens with one attached hydrogen (secondary N) is 2. The third-order valence-corrected chi connectivity index (χ3v) is 4.52. The maximum absolute atomic E-state index is 12.2. The van der Waals surface area contributed by atoms with Crippen molar-refractivity contribution < 1.29 is 9.53 Å². The smallest absolute Gasteiger partial charge is 0.325 e. The minimum Gasteiger partial charge on any atom is -0.495 e. The van der Waals surface area contributed by atoms with Crippen LogP contribution in [0.15, 0.2) is 47.8 Å². The Morgan fingerprint density at radius 3 is 2.52 bits per heavy atom. The highest BCUT2D eigenvalue weighted by atomic mass is 35.5. The zero-order valence-corrected chi connectivity index (χ0v) is 15.4. The van der Waals surface area contributed by atoms with Crippen LogP contribution < -0.4 is 15.4 Å². The molecular formula is C17H13Cl2N3O2S. The first kappa shape index (κ1) is 17.5. The van der Waals surface area contributed by atoms with Crippen molar-refractivity contribution in [2.75, 3.05) is 17.7 Å². The molecule has 3 aromatic rings. The number of hydrogen-bond donors (Lipinski definition) is 2. The number of hydrogen-bond acceptors (Lipinski definition) is 4. The summed E-state index contributed by atoms with van der Waals surface area (Å²) in [5.41, 5.74) is 2.16. The van der Waals surface area contributed by atoms with Gasteiger partial charge in [-0.3, -0.25) is 5.32 Å². The van der Waals surface area contributed by atoms with Crippen LogP contribution in [-0.4, -0.2) is 18.1 Å². The number of ether oxygens (including phenoxy) is 1. The molecule has 0 saturated carbocycles. The molecule has 0 saturated heterocycles. The second kappa shape index (κ2) is 7.74. The van der Waals surface area contributed by atoms with Crippen molar-refractivity contribution in [2.24, 2.45) is 0 Å². The molecule has 0 aliphatic carbocycles. The Hall–Kier alpha value is -2.28. The highest BCUT2D eigenvalue weighted by molar-refractivity contribution is 7.14. The minimum atomic E-state index is -0.433. The largest absolute Gasteiger partial charge is 0.495 e. The maximum Gasteiger partial charge on any atom is 0.325 e. The van der Waals surface area contributed by atoms with Crippen LogP contribution >= 0.6 is 34.5 Å². The molecule has 5 nitrogen and oxygen atoms in total. The SMILES string of the molecule is COc1ccc(Cl)cc1NC(=O)Nc1nc(-c2ccc(Cl)cc2)cs1. The number of rotatable bonds is 4. The molecule has 1 aromatic heterocycles. The third-order valence-electron chi connectivity index (χ3n) is 3.27. The van der Waals surface area contributed by atoms with Crippen LogP contribution in [0, 0.1) is 0 Å². The van der Waals surface area contributed by atoms with Crippen LogP contribution in [0.1, 0.15) is 0 Å². The third kappa shape index (κ3) is 4.42. The standard InChI is InChI=1S/C17H13Cl2N3O2S/c1-24-15-7-6-12(19)8-13(15)20-16(23)22-17-21-14(9-25-17)10-2-4-11(18)5-3-10/h2-9H,1H3,(H2,20,21,22,23). The lowest BCUT2D eigenvalue weighted by molar-refractivity contribution is 0.262. The number of anilines is 2. The van der Waals surface area contributed by atoms with Gasteiger partial charge in [-0.25, -0.2) is 9.78 Å². The monoisotopic (exact) mass is 393 g/mol. The molecule has 2 N–H and O–H groups in total. The fourth-order valence-corrected chi connectivity index (χ4v) is 3.13. The average Bonchev–Trinajstić information content (AvgIpc) is 3.04. The van der Waals surface area contributed by atoms with Crippen LogP contribution in [0.4, 0.5) is 15.6 Å². The summed E-state index contributed by atoms with van der Waals surface area (Å²) in [6.45, 7) is 0. The highest BCUT2D eigenvalue weighted by Crippen LogP contribution is 2.29. The van der Waals surface area contributed by atoms with Crippen molar-refractivity contribution >= 4 is 51.4 Å². The van der Waals surface area contributed by atoms with E-state index in [4.69, 9.17) is 27.9 Å². The average molecular weight is 394 g/mol. The Labute approximate surface area is 158 Å². The van der Waals surface area contributed by atoms with E-state index in [1.54, 1.807) is 30.3 Å². The molecule has 1 heterocycles. The molecule has 0 spiro atoms. The lowest BCUT2D eigenvalue weighted by Crippen LogP contribution is -2.19. The summed E-state index contributed by atoms with van der Waals surface area (Å²) in [5.74, 6) is 0.514. The highest BCUT2D eigenvalue weighted by Gasteiger charge is 2.11. The first-order valence-electron chi connectivity index (χ1n) is 7.18. The van der Waals surface area contributed by atoms with Gasteiger partial charge in [0, 0.05) is 21.0 Å². The number of benzene rings is 2. The van der Waals surface area contributed by atoms with Gasteiger partial charge < -0.3 is 10.1 Å². The van der Waals surface area contributed by atoms with E-state index in [0.717, 1.165) is 11.3 Å². The summed E-state index contributed by atoms with van der Waals surface area (Å²) in [7, 11) is 1.52. The van der Waals surface area contributed by atoms with Gasteiger partial charge in [0.2, 0.25) is 0 Å². The lowest BCUT2D eigenvalue weighted by atomic mass is 10.2. The number of urea groups is 1. The summed E-state index contributed by atoms with van der Waals surface area (Å²) in [6.07, 6.45) is 0. The number of amides is 2. The van der Waals surface area contributed by atoms with Gasteiger partial charge in [0.1, 0.15) is 5.75 Å². The van der Waals surface area contributed by atoms with Crippen molar-refractivity contribution in [1.82, 2.24) is 4.98 Å². The van der Waals surface area contributed by atoms with Crippen LogP contribution in [0.2, 0.25) is 10.0 Å². The first-order chi connectivity index (χ1) is 12.0. The number of thiazole rings is 1. The quantitative estimate of drug-likeness (QED) is 0.591. The minimum absolute atomic E-state index is 0.433. The fourth-order valence-electron chi connectivity index (χ4n) is 2.11. The molecule has 0 bridgehead atoms. The number of aromatic nitrogens is 1. The lowest BCUT2D eigenvalue weighted by Gasteiger charge is -2.10. The van der Waals surface area contributed by atoms with Crippen molar-refractivity contribution in [3.05, 3.63) is 57.9 Å². The van der Waals surface area contributed by atoms with E-state index in [9.17, 15) is 4.79 Å². The summed E-state index contributed by atoms with van der Waals surface area (Å²) in [6, 6.07) is 11.9. The summed E-state index contributed by atoms with van der Waals surface area (Å²) < 4.78 is 5.20. The van der Waals surface area contributed by atoms with Gasteiger partial charge in [-0.15, -0.1) is 11.3 Å². The van der Waals surface area contributed by atoms with E-state index in [1.165, 1.54) is 18.4 Å². The van der Waals surface area contributed by atoms with Gasteiger partial charge in [0.05, 0.1) is 18.5 Å². The Bertz CT molecular complexity index is 897. The van der Waals surface area contributed by atoms with Crippen LogP contribution in [0.5, 0.6) is 5.75 Å². The fraction of sp³-hybridized carbons (Fsp3) is 0.0588. The van der Waals surface area contributed by atoms with Crippen molar-refractivity contribution in [1.29, 1.82) is 0 Å². The van der Waals surface area contributed by atoms with Crippen molar-refractivity contribution in [3.63, 3.8) is 0 Å². The van der Waals surface area contributed by atoms with Gasteiger partial charge >= 0.3 is 6.03 Å². The Morgan fingerprint density at radius 2 is 1.80 bits per heavy atom. The van der Waals surface area contributed by atoms with Gasteiger partial charge in [-0.2, -0.15) is 0 Å². The number of halogens is 2. The molecule has 0 unspecified atom stereocenters. The first-order valence-corrected chi connectivity index (χ1v) is 8.82. The van der Waals surface area contributed by atoms with E-state index in [-0.39, 0.29) is 0 Å². The molecule has 25 heavy (non-hydrogen) atoms. The normalized spacial score (nSPS) is 10.4. The number of methoxy groups -OCH3 is 1. The second-order valence-electron chi connectivity index (χ2n) is 4.97. The van der Waals surface area contributed by atoms with Gasteiger partial charge in [0.25, 0.3) is 0 Å². The molecule has 0 aliphatic rings. The molecule has 0 fully saturated rings.